The van der Waals surface area contributed by atoms with Crippen molar-refractivity contribution in [2.24, 2.45) is 0 Å². The summed E-state index contributed by atoms with van der Waals surface area (Å²) in [6.07, 6.45) is 4.94. The fourth-order valence-corrected chi connectivity index (χ4v) is 3.30. The minimum absolute atomic E-state index is 0.273. The molecule has 3 aromatic rings. The monoisotopic (exact) mass is 414 g/mol. The van der Waals surface area contributed by atoms with Crippen molar-refractivity contribution in [2.75, 3.05) is 13.2 Å². The fourth-order valence-electron chi connectivity index (χ4n) is 3.30. The molecule has 0 radical (unpaired) electrons. The summed E-state index contributed by atoms with van der Waals surface area (Å²) in [5.74, 6) is -3.40. The molecule has 0 aliphatic rings. The van der Waals surface area contributed by atoms with E-state index in [-0.39, 0.29) is 11.5 Å². The van der Waals surface area contributed by atoms with Crippen LogP contribution < -0.4 is 0 Å². The molecule has 30 heavy (non-hydrogen) atoms. The van der Waals surface area contributed by atoms with Crippen LogP contribution in [0.2, 0.25) is 0 Å². The van der Waals surface area contributed by atoms with Gasteiger partial charge in [-0.1, -0.05) is 32.0 Å². The molecule has 2 aromatic heterocycles. The first-order valence-electron chi connectivity index (χ1n) is 10.1. The van der Waals surface area contributed by atoms with Crippen molar-refractivity contribution in [2.45, 2.75) is 39.0 Å². The number of pyridine rings is 2. The number of benzene rings is 1. The van der Waals surface area contributed by atoms with Gasteiger partial charge in [0.1, 0.15) is 18.1 Å². The lowest BCUT2D eigenvalue weighted by molar-refractivity contribution is -0.0854. The van der Waals surface area contributed by atoms with Gasteiger partial charge in [0.25, 0.3) is 0 Å². The maximum Gasteiger partial charge on any atom is 0.312 e. The van der Waals surface area contributed by atoms with E-state index in [1.165, 1.54) is 24.4 Å². The van der Waals surface area contributed by atoms with Crippen LogP contribution in [0.4, 0.5) is 13.2 Å². The van der Waals surface area contributed by atoms with E-state index in [4.69, 9.17) is 4.74 Å². The molecule has 0 bridgehead atoms. The summed E-state index contributed by atoms with van der Waals surface area (Å²) in [5.41, 5.74) is 3.96. The third-order valence-corrected chi connectivity index (χ3v) is 4.83. The van der Waals surface area contributed by atoms with Gasteiger partial charge in [0.2, 0.25) is 0 Å². The quantitative estimate of drug-likeness (QED) is 0.406. The highest BCUT2D eigenvalue weighted by Crippen LogP contribution is 2.30. The Morgan fingerprint density at radius 1 is 1.00 bits per heavy atom. The summed E-state index contributed by atoms with van der Waals surface area (Å²) in [4.78, 5) is 8.45. The normalized spacial score (nSPS) is 11.6. The van der Waals surface area contributed by atoms with Gasteiger partial charge >= 0.3 is 5.92 Å². The maximum atomic E-state index is 14.2. The number of rotatable bonds is 9. The van der Waals surface area contributed by atoms with Gasteiger partial charge in [-0.15, -0.1) is 0 Å². The second-order valence-electron chi connectivity index (χ2n) is 7.14. The Kier molecular flexibility index (Phi) is 7.21. The van der Waals surface area contributed by atoms with Gasteiger partial charge in [0.05, 0.1) is 5.69 Å². The molecule has 0 N–H and O–H groups in total. The Morgan fingerprint density at radius 3 is 2.53 bits per heavy atom. The summed E-state index contributed by atoms with van der Waals surface area (Å²) in [6, 6.07) is 11.5. The van der Waals surface area contributed by atoms with Crippen LogP contribution in [0, 0.1) is 5.82 Å². The summed E-state index contributed by atoms with van der Waals surface area (Å²) in [5, 5.41) is 0. The average molecular weight is 414 g/mol. The molecule has 6 heteroatoms. The summed E-state index contributed by atoms with van der Waals surface area (Å²) < 4.78 is 47.0. The van der Waals surface area contributed by atoms with Crippen molar-refractivity contribution in [3.05, 3.63) is 83.2 Å². The average Bonchev–Trinajstić information content (AvgIpc) is 2.75. The topological polar surface area (TPSA) is 35.0 Å². The molecular weight excluding hydrogens is 389 g/mol. The van der Waals surface area contributed by atoms with Gasteiger partial charge in [-0.3, -0.25) is 9.97 Å². The minimum Gasteiger partial charge on any atom is -0.375 e. The van der Waals surface area contributed by atoms with Crippen LogP contribution in [0.25, 0.3) is 11.1 Å². The molecule has 0 saturated carbocycles. The second-order valence-corrected chi connectivity index (χ2v) is 7.14. The number of hydrogen-bond donors (Lipinski definition) is 0. The molecule has 0 spiro atoms. The van der Waals surface area contributed by atoms with Crippen LogP contribution in [0.15, 0.2) is 54.9 Å². The number of ether oxygens (including phenoxy) is 1. The molecule has 0 unspecified atom stereocenters. The third-order valence-electron chi connectivity index (χ3n) is 4.83. The van der Waals surface area contributed by atoms with E-state index in [0.29, 0.717) is 25.9 Å². The predicted octanol–water partition coefficient (Wildman–Crippen LogP) is 5.95. The summed E-state index contributed by atoms with van der Waals surface area (Å²) >= 11 is 0. The highest BCUT2D eigenvalue weighted by atomic mass is 19.3. The third kappa shape index (κ3) is 5.25. The second kappa shape index (κ2) is 9.85. The highest BCUT2D eigenvalue weighted by molar-refractivity contribution is 5.70. The summed E-state index contributed by atoms with van der Waals surface area (Å²) in [6.45, 7) is 3.45. The Hall–Kier alpha value is -2.73. The predicted molar refractivity (Wildman–Crippen MR) is 111 cm³/mol. The number of hydrogen-bond acceptors (Lipinski definition) is 3. The van der Waals surface area contributed by atoms with Crippen LogP contribution in [-0.4, -0.2) is 23.2 Å². The van der Waals surface area contributed by atoms with Crippen molar-refractivity contribution in [3.8, 4) is 11.1 Å². The van der Waals surface area contributed by atoms with Gasteiger partial charge in [0, 0.05) is 31.0 Å². The van der Waals surface area contributed by atoms with Crippen LogP contribution in [-0.2, 0) is 23.5 Å². The molecule has 2 heterocycles. The van der Waals surface area contributed by atoms with Crippen LogP contribution in [0.1, 0.15) is 42.8 Å². The molecule has 3 nitrogen and oxygen atoms in total. The lowest BCUT2D eigenvalue weighted by Gasteiger charge is -2.16. The fraction of sp³-hybridized carbons (Fsp3) is 0.333. The maximum absolute atomic E-state index is 14.2. The van der Waals surface area contributed by atoms with Crippen LogP contribution in [0.5, 0.6) is 0 Å². The van der Waals surface area contributed by atoms with Gasteiger partial charge in [-0.2, -0.15) is 8.78 Å². The van der Waals surface area contributed by atoms with E-state index in [2.05, 4.69) is 9.97 Å². The molecule has 1 aromatic carbocycles. The Balaban J connectivity index is 1.83. The van der Waals surface area contributed by atoms with E-state index in [9.17, 15) is 13.2 Å². The number of nitrogens with zero attached hydrogens (tertiary/aromatic N) is 2. The zero-order valence-electron chi connectivity index (χ0n) is 17.2. The number of halogens is 3. The molecule has 158 valence electrons. The van der Waals surface area contributed by atoms with Crippen molar-refractivity contribution < 1.29 is 17.9 Å². The zero-order chi connectivity index (χ0) is 21.6. The van der Waals surface area contributed by atoms with Crippen molar-refractivity contribution in [1.29, 1.82) is 0 Å². The van der Waals surface area contributed by atoms with Crippen molar-refractivity contribution in [3.63, 3.8) is 0 Å². The molecule has 0 fully saturated rings. The van der Waals surface area contributed by atoms with Gasteiger partial charge in [0.15, 0.2) is 0 Å². The molecular formula is C24H25F3N2O. The molecule has 0 atom stereocenters. The lowest BCUT2D eigenvalue weighted by Crippen LogP contribution is -2.22. The summed E-state index contributed by atoms with van der Waals surface area (Å²) in [7, 11) is 0. The Bertz CT molecular complexity index is 974. The standard InChI is InChI=1S/C24H25F3N2O/c1-3-12-30-16-24(26,27)23-10-7-17(15-29-23)13-22-21(6-5-11-28-22)20-9-8-19(25)14-18(20)4-2/h5-11,14-15H,3-4,12-13,16H2,1-2H3. The van der Waals surface area contributed by atoms with Crippen molar-refractivity contribution in [1.82, 2.24) is 9.97 Å². The SMILES string of the molecule is CCCOCC(F)(F)c1ccc(Cc2ncccc2-c2ccc(F)cc2CC)cn1. The number of aromatic nitrogens is 2. The molecule has 0 saturated heterocycles. The Morgan fingerprint density at radius 2 is 1.83 bits per heavy atom. The molecule has 0 aliphatic heterocycles. The number of aryl methyl sites for hydroxylation is 1. The van der Waals surface area contributed by atoms with Gasteiger partial charge in [-0.25, -0.2) is 4.39 Å². The van der Waals surface area contributed by atoms with Crippen LogP contribution in [0.3, 0.4) is 0 Å². The van der Waals surface area contributed by atoms with Crippen molar-refractivity contribution >= 4 is 0 Å². The van der Waals surface area contributed by atoms with Gasteiger partial charge in [-0.05, 0) is 53.8 Å². The molecule has 3 rings (SSSR count). The smallest absolute Gasteiger partial charge is 0.312 e. The largest absolute Gasteiger partial charge is 0.375 e. The highest BCUT2D eigenvalue weighted by Gasteiger charge is 2.33. The molecule has 0 aliphatic carbocycles. The van der Waals surface area contributed by atoms with Crippen LogP contribution >= 0.6 is 0 Å². The zero-order valence-corrected chi connectivity index (χ0v) is 17.2. The van der Waals surface area contributed by atoms with E-state index < -0.39 is 12.5 Å². The van der Waals surface area contributed by atoms with Gasteiger partial charge < -0.3 is 4.74 Å². The first-order valence-corrected chi connectivity index (χ1v) is 10.1. The Labute approximate surface area is 175 Å². The van der Waals surface area contributed by atoms with E-state index in [0.717, 1.165) is 27.9 Å². The van der Waals surface area contributed by atoms with E-state index in [1.54, 1.807) is 18.3 Å². The minimum atomic E-state index is -3.13. The van der Waals surface area contributed by atoms with E-state index in [1.807, 2.05) is 26.0 Å². The number of alkyl halides is 2. The first kappa shape index (κ1) is 22.0. The lowest BCUT2D eigenvalue weighted by atomic mass is 9.94. The first-order chi connectivity index (χ1) is 14.4. The molecule has 0 amide bonds. The van der Waals surface area contributed by atoms with E-state index >= 15 is 0 Å².